The van der Waals surface area contributed by atoms with Gasteiger partial charge in [-0.15, -0.1) is 15.3 Å². The zero-order chi connectivity index (χ0) is 15.4. The fraction of sp³-hybridized carbons (Fsp3) is 0.625. The minimum Gasteiger partial charge on any atom is -0.354 e. The maximum atomic E-state index is 12.4. The highest BCUT2D eigenvalue weighted by Crippen LogP contribution is 2.36. The third-order valence-electron chi connectivity index (χ3n) is 5.72. The Morgan fingerprint density at radius 1 is 1.09 bits per heavy atom. The van der Waals surface area contributed by atoms with Crippen LogP contribution in [0.5, 0.6) is 0 Å². The van der Waals surface area contributed by atoms with Crippen LogP contribution in [0.1, 0.15) is 19.3 Å². The first-order chi connectivity index (χ1) is 11.3. The van der Waals surface area contributed by atoms with Gasteiger partial charge in [0.15, 0.2) is 5.65 Å². The van der Waals surface area contributed by atoms with Crippen molar-refractivity contribution in [2.45, 2.75) is 19.3 Å². The van der Waals surface area contributed by atoms with Gasteiger partial charge in [0.05, 0.1) is 0 Å². The summed E-state index contributed by atoms with van der Waals surface area (Å²) in [6.07, 6.45) is 5.05. The number of aromatic nitrogens is 4. The van der Waals surface area contributed by atoms with Gasteiger partial charge in [-0.05, 0) is 25.0 Å². The van der Waals surface area contributed by atoms with E-state index in [9.17, 15) is 4.79 Å². The molecule has 2 aromatic heterocycles. The van der Waals surface area contributed by atoms with E-state index in [4.69, 9.17) is 0 Å². The summed E-state index contributed by atoms with van der Waals surface area (Å²) in [6.45, 7) is 3.82. The summed E-state index contributed by atoms with van der Waals surface area (Å²) in [4.78, 5) is 16.9. The fourth-order valence-electron chi connectivity index (χ4n) is 4.16. The van der Waals surface area contributed by atoms with Crippen LogP contribution in [0.4, 0.5) is 5.82 Å². The van der Waals surface area contributed by atoms with Crippen molar-refractivity contribution in [3.05, 3.63) is 18.5 Å². The molecule has 0 radical (unpaired) electrons. The molecule has 0 bridgehead atoms. The monoisotopic (exact) mass is 312 g/mol. The first-order valence-electron chi connectivity index (χ1n) is 8.49. The van der Waals surface area contributed by atoms with Crippen LogP contribution in [-0.2, 0) is 4.79 Å². The minimum atomic E-state index is 0.322. The Hall–Kier alpha value is -2.18. The second-order valence-electron chi connectivity index (χ2n) is 7.12. The average Bonchev–Trinajstić information content (AvgIpc) is 3.18. The lowest BCUT2D eigenvalue weighted by Crippen LogP contribution is -2.39. The van der Waals surface area contributed by atoms with Crippen molar-refractivity contribution >= 4 is 17.4 Å². The lowest BCUT2D eigenvalue weighted by Gasteiger charge is -2.30. The molecule has 0 aromatic carbocycles. The second-order valence-corrected chi connectivity index (χ2v) is 7.12. The van der Waals surface area contributed by atoms with Gasteiger partial charge in [0.1, 0.15) is 12.1 Å². The summed E-state index contributed by atoms with van der Waals surface area (Å²) >= 11 is 0. The Bertz CT molecular complexity index is 740. The summed E-state index contributed by atoms with van der Waals surface area (Å²) in [5.41, 5.74) is 0.769. The molecule has 7 nitrogen and oxygen atoms in total. The predicted molar refractivity (Wildman–Crippen MR) is 83.9 cm³/mol. The molecule has 3 fully saturated rings. The molecule has 7 heteroatoms. The molecule has 3 aliphatic rings. The van der Waals surface area contributed by atoms with Gasteiger partial charge in [-0.25, -0.2) is 0 Å². The third kappa shape index (κ3) is 2.09. The fourth-order valence-corrected chi connectivity index (χ4v) is 4.16. The molecule has 4 heterocycles. The van der Waals surface area contributed by atoms with Crippen molar-refractivity contribution in [2.75, 3.05) is 31.1 Å². The molecule has 2 aromatic rings. The number of nitrogens with zero attached hydrogens (tertiary/aromatic N) is 6. The molecule has 0 N–H and O–H groups in total. The first kappa shape index (κ1) is 13.3. The van der Waals surface area contributed by atoms with Crippen molar-refractivity contribution in [3.8, 4) is 0 Å². The van der Waals surface area contributed by atoms with Crippen LogP contribution < -0.4 is 4.90 Å². The maximum Gasteiger partial charge on any atom is 0.225 e. The van der Waals surface area contributed by atoms with E-state index in [1.807, 2.05) is 12.1 Å². The highest BCUT2D eigenvalue weighted by molar-refractivity contribution is 5.80. The van der Waals surface area contributed by atoms with Gasteiger partial charge in [0.25, 0.3) is 0 Å². The van der Waals surface area contributed by atoms with E-state index in [1.54, 1.807) is 10.8 Å². The number of fused-ring (bicyclic) bond motifs is 2. The molecule has 1 aliphatic carbocycles. The molecule has 1 amide bonds. The van der Waals surface area contributed by atoms with Crippen LogP contribution in [0.2, 0.25) is 0 Å². The SMILES string of the molecule is O=C(C1CCC1)N1CC2CN(c3ccc4nncn4n3)CC2C1. The molecule has 5 rings (SSSR count). The second kappa shape index (κ2) is 4.91. The Labute approximate surface area is 134 Å². The van der Waals surface area contributed by atoms with Crippen LogP contribution in [0.3, 0.4) is 0 Å². The summed E-state index contributed by atoms with van der Waals surface area (Å²) < 4.78 is 1.72. The van der Waals surface area contributed by atoms with E-state index >= 15 is 0 Å². The van der Waals surface area contributed by atoms with Gasteiger partial charge >= 0.3 is 0 Å². The van der Waals surface area contributed by atoms with Crippen LogP contribution in [0.25, 0.3) is 5.65 Å². The maximum absolute atomic E-state index is 12.4. The van der Waals surface area contributed by atoms with E-state index in [0.29, 0.717) is 23.7 Å². The molecular formula is C16H20N6O. The quantitative estimate of drug-likeness (QED) is 0.821. The van der Waals surface area contributed by atoms with E-state index in [0.717, 1.165) is 50.5 Å². The number of likely N-dealkylation sites (tertiary alicyclic amines) is 1. The number of amides is 1. The summed E-state index contributed by atoms with van der Waals surface area (Å²) in [5, 5.41) is 12.5. The number of carbonyl (C=O) groups is 1. The number of rotatable bonds is 2. The normalized spacial score (nSPS) is 27.5. The molecule has 0 spiro atoms. The van der Waals surface area contributed by atoms with E-state index in [-0.39, 0.29) is 0 Å². The van der Waals surface area contributed by atoms with Crippen molar-refractivity contribution in [1.29, 1.82) is 0 Å². The highest BCUT2D eigenvalue weighted by Gasteiger charge is 2.43. The van der Waals surface area contributed by atoms with Crippen LogP contribution >= 0.6 is 0 Å². The molecule has 2 saturated heterocycles. The van der Waals surface area contributed by atoms with Crippen molar-refractivity contribution in [1.82, 2.24) is 24.7 Å². The Morgan fingerprint density at radius 2 is 1.87 bits per heavy atom. The van der Waals surface area contributed by atoms with Gasteiger partial charge < -0.3 is 9.80 Å². The molecule has 23 heavy (non-hydrogen) atoms. The van der Waals surface area contributed by atoms with Gasteiger partial charge in [0.2, 0.25) is 5.91 Å². The third-order valence-corrected chi connectivity index (χ3v) is 5.72. The molecular weight excluding hydrogens is 292 g/mol. The minimum absolute atomic E-state index is 0.322. The summed E-state index contributed by atoms with van der Waals surface area (Å²) in [5.74, 6) is 2.86. The molecule has 1 saturated carbocycles. The van der Waals surface area contributed by atoms with E-state index in [1.165, 1.54) is 6.42 Å². The molecule has 2 atom stereocenters. The summed E-state index contributed by atoms with van der Waals surface area (Å²) in [7, 11) is 0. The number of anilines is 1. The topological polar surface area (TPSA) is 66.6 Å². The Kier molecular flexibility index (Phi) is 2.83. The summed E-state index contributed by atoms with van der Waals surface area (Å²) in [6, 6.07) is 3.97. The van der Waals surface area contributed by atoms with Crippen molar-refractivity contribution in [2.24, 2.45) is 17.8 Å². The average molecular weight is 312 g/mol. The lowest BCUT2D eigenvalue weighted by molar-refractivity contribution is -0.137. The predicted octanol–water partition coefficient (Wildman–Crippen LogP) is 0.819. The highest BCUT2D eigenvalue weighted by atomic mass is 16.2. The zero-order valence-corrected chi connectivity index (χ0v) is 13.0. The molecule has 2 unspecified atom stereocenters. The van der Waals surface area contributed by atoms with Gasteiger partial charge in [-0.3, -0.25) is 4.79 Å². The van der Waals surface area contributed by atoms with Crippen molar-refractivity contribution < 1.29 is 4.79 Å². The number of hydrogen-bond donors (Lipinski definition) is 0. The van der Waals surface area contributed by atoms with Gasteiger partial charge in [0, 0.05) is 43.9 Å². The van der Waals surface area contributed by atoms with E-state index in [2.05, 4.69) is 25.1 Å². The first-order valence-corrected chi connectivity index (χ1v) is 8.49. The number of carbonyl (C=O) groups excluding carboxylic acids is 1. The van der Waals surface area contributed by atoms with E-state index < -0.39 is 0 Å². The molecule has 120 valence electrons. The smallest absolute Gasteiger partial charge is 0.225 e. The van der Waals surface area contributed by atoms with Gasteiger partial charge in [-0.1, -0.05) is 6.42 Å². The molecule has 2 aliphatic heterocycles. The van der Waals surface area contributed by atoms with Crippen LogP contribution in [0, 0.1) is 17.8 Å². The van der Waals surface area contributed by atoms with Crippen LogP contribution in [0.15, 0.2) is 18.5 Å². The van der Waals surface area contributed by atoms with Crippen LogP contribution in [-0.4, -0.2) is 56.8 Å². The zero-order valence-electron chi connectivity index (χ0n) is 13.0. The Morgan fingerprint density at radius 3 is 2.57 bits per heavy atom. The Balaban J connectivity index is 1.28. The van der Waals surface area contributed by atoms with Gasteiger partial charge in [-0.2, -0.15) is 4.52 Å². The lowest BCUT2D eigenvalue weighted by atomic mass is 9.84. The van der Waals surface area contributed by atoms with Crippen molar-refractivity contribution in [3.63, 3.8) is 0 Å². The largest absolute Gasteiger partial charge is 0.354 e. The standard InChI is InChI=1S/C16H20N6O/c23-16(11-2-1-3-11)21-8-12-6-20(7-13(12)9-21)15-5-4-14-18-17-10-22(14)19-15/h4-5,10-13H,1-3,6-9H2. The number of hydrogen-bond acceptors (Lipinski definition) is 5.